The van der Waals surface area contributed by atoms with Crippen molar-refractivity contribution >= 4 is 0 Å². The van der Waals surface area contributed by atoms with Gasteiger partial charge in [0.25, 0.3) is 0 Å². The Morgan fingerprint density at radius 2 is 2.12 bits per heavy atom. The van der Waals surface area contributed by atoms with Crippen molar-refractivity contribution in [1.29, 1.82) is 0 Å². The van der Waals surface area contributed by atoms with Gasteiger partial charge in [-0.1, -0.05) is 18.2 Å². The van der Waals surface area contributed by atoms with Crippen LogP contribution in [0.3, 0.4) is 0 Å². The van der Waals surface area contributed by atoms with Gasteiger partial charge in [-0.05, 0) is 24.6 Å². The largest absolute Gasteiger partial charge is 0.370 e. The van der Waals surface area contributed by atoms with E-state index in [1.54, 1.807) is 0 Å². The lowest BCUT2D eigenvalue weighted by atomic mass is 10.1. The quantitative estimate of drug-likeness (QED) is 0.782. The van der Waals surface area contributed by atoms with Crippen LogP contribution in [-0.2, 0) is 18.3 Å². The first-order chi connectivity index (χ1) is 11.8. The van der Waals surface area contributed by atoms with E-state index < -0.39 is 0 Å². The fraction of sp³-hybridized carbons (Fsp3) is 0.333. The summed E-state index contributed by atoms with van der Waals surface area (Å²) in [4.78, 5) is 4.17. The Bertz CT molecular complexity index is 795. The smallest absolute Gasteiger partial charge is 0.115 e. The lowest BCUT2D eigenvalue weighted by molar-refractivity contribution is 0.0930. The number of nitrogens with one attached hydrogen (secondary N) is 1. The number of ether oxygens (including phenoxy) is 1. The van der Waals surface area contributed by atoms with Crippen LogP contribution in [0.25, 0.3) is 5.69 Å². The Labute approximate surface area is 141 Å². The number of imidazole rings is 1. The van der Waals surface area contributed by atoms with Gasteiger partial charge in [-0.25, -0.2) is 9.67 Å². The summed E-state index contributed by atoms with van der Waals surface area (Å²) in [6.07, 6.45) is 6.54. The standard InChI is InChI=1S/C18H21N5O/c1-22-13-19-11-15(22)12-20-16-8-10-24-18(16)17-7-9-21-23(17)14-5-3-2-4-6-14/h2-7,9,11,13,16,18,20H,8,10,12H2,1H3/t16-,18-/m0/s1. The van der Waals surface area contributed by atoms with Crippen LogP contribution in [0, 0.1) is 0 Å². The Morgan fingerprint density at radius 3 is 2.92 bits per heavy atom. The molecule has 2 atom stereocenters. The molecule has 124 valence electrons. The number of para-hydroxylation sites is 1. The molecule has 0 unspecified atom stereocenters. The second-order valence-corrected chi connectivity index (χ2v) is 6.07. The molecule has 24 heavy (non-hydrogen) atoms. The average Bonchev–Trinajstić information content (AvgIpc) is 3.34. The summed E-state index contributed by atoms with van der Waals surface area (Å²) in [6, 6.07) is 12.5. The van der Waals surface area contributed by atoms with Crippen LogP contribution in [0.2, 0.25) is 0 Å². The minimum atomic E-state index is 0.000865. The van der Waals surface area contributed by atoms with Crippen molar-refractivity contribution in [2.24, 2.45) is 7.05 Å². The van der Waals surface area contributed by atoms with E-state index in [9.17, 15) is 0 Å². The van der Waals surface area contributed by atoms with Gasteiger partial charge < -0.3 is 14.6 Å². The van der Waals surface area contributed by atoms with Crippen LogP contribution in [0.4, 0.5) is 0 Å². The van der Waals surface area contributed by atoms with E-state index in [0.717, 1.165) is 36.6 Å². The van der Waals surface area contributed by atoms with Gasteiger partial charge in [0.2, 0.25) is 0 Å². The lowest BCUT2D eigenvalue weighted by Gasteiger charge is -2.21. The van der Waals surface area contributed by atoms with Crippen molar-refractivity contribution in [3.63, 3.8) is 0 Å². The summed E-state index contributed by atoms with van der Waals surface area (Å²) in [5.41, 5.74) is 3.30. The van der Waals surface area contributed by atoms with Crippen LogP contribution in [0.15, 0.2) is 55.1 Å². The van der Waals surface area contributed by atoms with E-state index in [1.807, 2.05) is 59.3 Å². The van der Waals surface area contributed by atoms with Crippen molar-refractivity contribution in [1.82, 2.24) is 24.6 Å². The van der Waals surface area contributed by atoms with E-state index in [1.165, 1.54) is 0 Å². The first kappa shape index (κ1) is 15.1. The number of nitrogens with zero attached hydrogens (tertiary/aromatic N) is 4. The zero-order valence-corrected chi connectivity index (χ0v) is 13.7. The number of aryl methyl sites for hydroxylation is 1. The second kappa shape index (κ2) is 6.59. The minimum absolute atomic E-state index is 0.000865. The van der Waals surface area contributed by atoms with Crippen molar-refractivity contribution in [3.05, 3.63) is 66.5 Å². The summed E-state index contributed by atoms with van der Waals surface area (Å²) >= 11 is 0. The van der Waals surface area contributed by atoms with Crippen molar-refractivity contribution < 1.29 is 4.74 Å². The van der Waals surface area contributed by atoms with E-state index >= 15 is 0 Å². The molecule has 0 bridgehead atoms. The van der Waals surface area contributed by atoms with Crippen LogP contribution >= 0.6 is 0 Å². The van der Waals surface area contributed by atoms with Gasteiger partial charge in [-0.15, -0.1) is 0 Å². The third-order valence-electron chi connectivity index (χ3n) is 4.52. The molecule has 1 aliphatic rings. The SMILES string of the molecule is Cn1cncc1CN[C@H]1CCO[C@@H]1c1ccnn1-c1ccccc1. The van der Waals surface area contributed by atoms with Gasteiger partial charge in [0, 0.05) is 38.6 Å². The number of rotatable bonds is 5. The molecule has 0 aliphatic carbocycles. The van der Waals surface area contributed by atoms with Gasteiger partial charge in [-0.3, -0.25) is 0 Å². The number of hydrogen-bond acceptors (Lipinski definition) is 4. The number of hydrogen-bond donors (Lipinski definition) is 1. The average molecular weight is 323 g/mol. The van der Waals surface area contributed by atoms with Crippen molar-refractivity contribution in [3.8, 4) is 5.69 Å². The van der Waals surface area contributed by atoms with Crippen LogP contribution < -0.4 is 5.32 Å². The topological polar surface area (TPSA) is 56.9 Å². The third-order valence-corrected chi connectivity index (χ3v) is 4.52. The van der Waals surface area contributed by atoms with Gasteiger partial charge in [-0.2, -0.15) is 5.10 Å². The highest BCUT2D eigenvalue weighted by Crippen LogP contribution is 2.30. The first-order valence-corrected chi connectivity index (χ1v) is 8.22. The highest BCUT2D eigenvalue weighted by Gasteiger charge is 2.32. The van der Waals surface area contributed by atoms with Gasteiger partial charge in [0.15, 0.2) is 0 Å². The molecule has 3 heterocycles. The van der Waals surface area contributed by atoms with E-state index in [-0.39, 0.29) is 12.1 Å². The Hall–Kier alpha value is -2.44. The first-order valence-electron chi connectivity index (χ1n) is 8.22. The summed E-state index contributed by atoms with van der Waals surface area (Å²) in [5, 5.41) is 8.10. The number of aromatic nitrogens is 4. The highest BCUT2D eigenvalue weighted by atomic mass is 16.5. The molecule has 6 nitrogen and oxygen atoms in total. The van der Waals surface area contributed by atoms with E-state index in [2.05, 4.69) is 27.5 Å². The Kier molecular flexibility index (Phi) is 4.15. The predicted octanol–water partition coefficient (Wildman–Crippen LogP) is 2.23. The maximum atomic E-state index is 6.03. The van der Waals surface area contributed by atoms with Crippen molar-refractivity contribution in [2.75, 3.05) is 6.61 Å². The molecule has 1 N–H and O–H groups in total. The molecule has 0 spiro atoms. The third kappa shape index (κ3) is 2.86. The zero-order valence-electron chi connectivity index (χ0n) is 13.7. The van der Waals surface area contributed by atoms with Gasteiger partial charge in [0.05, 0.1) is 23.4 Å². The molecule has 0 saturated carbocycles. The fourth-order valence-corrected chi connectivity index (χ4v) is 3.19. The molecule has 0 amide bonds. The van der Waals surface area contributed by atoms with Crippen LogP contribution in [0.5, 0.6) is 0 Å². The molecule has 4 rings (SSSR count). The predicted molar refractivity (Wildman–Crippen MR) is 90.7 cm³/mol. The van der Waals surface area contributed by atoms with Crippen molar-refractivity contribution in [2.45, 2.75) is 25.1 Å². The fourth-order valence-electron chi connectivity index (χ4n) is 3.19. The second-order valence-electron chi connectivity index (χ2n) is 6.07. The molecular formula is C18H21N5O. The Balaban J connectivity index is 1.53. The van der Waals surface area contributed by atoms with E-state index in [0.29, 0.717) is 0 Å². The maximum absolute atomic E-state index is 6.03. The Morgan fingerprint density at radius 1 is 1.25 bits per heavy atom. The molecule has 6 heteroatoms. The summed E-state index contributed by atoms with van der Waals surface area (Å²) in [5.74, 6) is 0. The van der Waals surface area contributed by atoms with E-state index in [4.69, 9.17) is 4.74 Å². The normalized spacial score (nSPS) is 20.5. The molecule has 3 aromatic rings. The molecular weight excluding hydrogens is 302 g/mol. The molecule has 1 aromatic carbocycles. The molecule has 1 saturated heterocycles. The molecule has 2 aromatic heterocycles. The highest BCUT2D eigenvalue weighted by molar-refractivity contribution is 5.33. The maximum Gasteiger partial charge on any atom is 0.115 e. The lowest BCUT2D eigenvalue weighted by Crippen LogP contribution is -2.32. The minimum Gasteiger partial charge on any atom is -0.370 e. The molecule has 1 fully saturated rings. The summed E-state index contributed by atoms with van der Waals surface area (Å²) < 4.78 is 10.0. The van der Waals surface area contributed by atoms with Gasteiger partial charge >= 0.3 is 0 Å². The summed E-state index contributed by atoms with van der Waals surface area (Å²) in [7, 11) is 2.01. The molecule has 1 aliphatic heterocycles. The number of benzene rings is 1. The van der Waals surface area contributed by atoms with Gasteiger partial charge in [0.1, 0.15) is 6.10 Å². The summed E-state index contributed by atoms with van der Waals surface area (Å²) in [6.45, 7) is 1.54. The monoisotopic (exact) mass is 323 g/mol. The van der Waals surface area contributed by atoms with Crippen LogP contribution in [-0.4, -0.2) is 32.0 Å². The van der Waals surface area contributed by atoms with Crippen LogP contribution in [0.1, 0.15) is 23.9 Å². The zero-order chi connectivity index (χ0) is 16.4. The molecule has 0 radical (unpaired) electrons.